The van der Waals surface area contributed by atoms with Crippen molar-refractivity contribution in [2.75, 3.05) is 5.32 Å². The minimum absolute atomic E-state index is 0.309. The molecule has 0 aliphatic carbocycles. The fourth-order valence-corrected chi connectivity index (χ4v) is 2.35. The van der Waals surface area contributed by atoms with Gasteiger partial charge in [0, 0.05) is 16.3 Å². The predicted octanol–water partition coefficient (Wildman–Crippen LogP) is 4.43. The van der Waals surface area contributed by atoms with Crippen molar-refractivity contribution in [3.05, 3.63) is 70.6 Å². The van der Waals surface area contributed by atoms with Crippen LogP contribution < -0.4 is 5.32 Å². The van der Waals surface area contributed by atoms with Gasteiger partial charge in [-0.3, -0.25) is 9.89 Å². The van der Waals surface area contributed by atoms with Crippen molar-refractivity contribution < 1.29 is 9.18 Å². The number of nitrogens with one attached hydrogen (secondary N) is 2. The van der Waals surface area contributed by atoms with Crippen LogP contribution in [0.4, 0.5) is 10.1 Å². The van der Waals surface area contributed by atoms with Crippen molar-refractivity contribution in [3.8, 4) is 11.3 Å². The van der Waals surface area contributed by atoms with E-state index in [-0.39, 0.29) is 11.7 Å². The largest absolute Gasteiger partial charge is 0.321 e. The lowest BCUT2D eigenvalue weighted by atomic mass is 10.1. The lowest BCUT2D eigenvalue weighted by molar-refractivity contribution is 0.102. The average Bonchev–Trinajstić information content (AvgIpc) is 3.02. The summed E-state index contributed by atoms with van der Waals surface area (Å²) in [4.78, 5) is 12.2. The fraction of sp³-hybridized carbons (Fsp3) is 0.0588. The van der Waals surface area contributed by atoms with Crippen LogP contribution in [0.2, 0.25) is 5.02 Å². The first-order chi connectivity index (χ1) is 11.0. The Morgan fingerprint density at radius 2 is 1.91 bits per heavy atom. The first-order valence-electron chi connectivity index (χ1n) is 6.92. The molecule has 0 aliphatic rings. The van der Waals surface area contributed by atoms with E-state index in [2.05, 4.69) is 15.5 Å². The Hall–Kier alpha value is -2.66. The number of rotatable bonds is 3. The molecule has 0 radical (unpaired) electrons. The molecule has 0 fully saturated rings. The number of amides is 1. The SMILES string of the molecule is Cc1ccc(Cl)cc1-c1cc(C(=O)Nc2ccc(F)cc2)[nH]n1. The molecule has 3 aromatic rings. The van der Waals surface area contributed by atoms with E-state index in [0.29, 0.717) is 22.1 Å². The Balaban J connectivity index is 1.82. The van der Waals surface area contributed by atoms with Gasteiger partial charge in [0.2, 0.25) is 0 Å². The maximum absolute atomic E-state index is 12.9. The number of nitrogens with zero attached hydrogens (tertiary/aromatic N) is 1. The molecule has 1 amide bonds. The summed E-state index contributed by atoms with van der Waals surface area (Å²) in [7, 11) is 0. The minimum atomic E-state index is -0.358. The molecule has 0 spiro atoms. The average molecular weight is 330 g/mol. The lowest BCUT2D eigenvalue weighted by Gasteiger charge is -2.03. The maximum atomic E-state index is 12.9. The van der Waals surface area contributed by atoms with Crippen molar-refractivity contribution in [2.24, 2.45) is 0 Å². The van der Waals surface area contributed by atoms with Gasteiger partial charge in [-0.1, -0.05) is 17.7 Å². The van der Waals surface area contributed by atoms with E-state index in [1.54, 1.807) is 18.2 Å². The highest BCUT2D eigenvalue weighted by Gasteiger charge is 2.13. The van der Waals surface area contributed by atoms with Gasteiger partial charge >= 0.3 is 0 Å². The summed E-state index contributed by atoms with van der Waals surface area (Å²) in [5.41, 5.74) is 3.31. The third-order valence-electron chi connectivity index (χ3n) is 3.40. The van der Waals surface area contributed by atoms with Crippen LogP contribution in [0, 0.1) is 12.7 Å². The van der Waals surface area contributed by atoms with E-state index in [1.165, 1.54) is 24.3 Å². The van der Waals surface area contributed by atoms with Gasteiger partial charge in [0.15, 0.2) is 0 Å². The number of hydrogen-bond acceptors (Lipinski definition) is 2. The van der Waals surface area contributed by atoms with Crippen molar-refractivity contribution in [3.63, 3.8) is 0 Å². The van der Waals surface area contributed by atoms with Crippen LogP contribution in [0.3, 0.4) is 0 Å². The molecule has 0 unspecified atom stereocenters. The summed E-state index contributed by atoms with van der Waals surface area (Å²) in [6.07, 6.45) is 0. The first kappa shape index (κ1) is 15.2. The van der Waals surface area contributed by atoms with Gasteiger partial charge in [-0.15, -0.1) is 0 Å². The third kappa shape index (κ3) is 3.40. The Bertz CT molecular complexity index is 859. The van der Waals surface area contributed by atoms with Gasteiger partial charge in [-0.25, -0.2) is 4.39 Å². The zero-order valence-electron chi connectivity index (χ0n) is 12.2. The zero-order chi connectivity index (χ0) is 16.4. The smallest absolute Gasteiger partial charge is 0.273 e. The molecular weight excluding hydrogens is 317 g/mol. The number of benzene rings is 2. The Labute approximate surface area is 137 Å². The number of aryl methyl sites for hydroxylation is 1. The topological polar surface area (TPSA) is 57.8 Å². The second-order valence-corrected chi connectivity index (χ2v) is 5.52. The predicted molar refractivity (Wildman–Crippen MR) is 88.1 cm³/mol. The number of carbonyl (C=O) groups is 1. The number of anilines is 1. The highest BCUT2D eigenvalue weighted by molar-refractivity contribution is 6.30. The standard InChI is InChI=1S/C17H13ClFN3O/c1-10-2-3-11(18)8-14(10)15-9-16(22-21-15)17(23)20-13-6-4-12(19)5-7-13/h2-9H,1H3,(H,20,23)(H,21,22). The summed E-state index contributed by atoms with van der Waals surface area (Å²) in [5.74, 6) is -0.710. The summed E-state index contributed by atoms with van der Waals surface area (Å²) < 4.78 is 12.9. The molecule has 2 N–H and O–H groups in total. The van der Waals surface area contributed by atoms with E-state index in [9.17, 15) is 9.18 Å². The summed E-state index contributed by atoms with van der Waals surface area (Å²) >= 11 is 6.01. The quantitative estimate of drug-likeness (QED) is 0.746. The highest BCUT2D eigenvalue weighted by atomic mass is 35.5. The number of carbonyl (C=O) groups excluding carboxylic acids is 1. The normalized spacial score (nSPS) is 10.6. The van der Waals surface area contributed by atoms with Gasteiger partial charge in [0.1, 0.15) is 11.5 Å². The number of hydrogen-bond donors (Lipinski definition) is 2. The number of aromatic nitrogens is 2. The Kier molecular flexibility index (Phi) is 4.12. The molecule has 0 bridgehead atoms. The van der Waals surface area contributed by atoms with Crippen LogP contribution in [-0.2, 0) is 0 Å². The zero-order valence-corrected chi connectivity index (χ0v) is 13.0. The van der Waals surface area contributed by atoms with Gasteiger partial charge in [0.25, 0.3) is 5.91 Å². The van der Waals surface area contributed by atoms with Crippen LogP contribution in [0.25, 0.3) is 11.3 Å². The monoisotopic (exact) mass is 329 g/mol. The second kappa shape index (κ2) is 6.22. The molecule has 3 rings (SSSR count). The van der Waals surface area contributed by atoms with E-state index < -0.39 is 0 Å². The molecule has 0 saturated heterocycles. The van der Waals surface area contributed by atoms with Crippen LogP contribution >= 0.6 is 11.6 Å². The number of halogens is 2. The molecule has 6 heteroatoms. The summed E-state index contributed by atoms with van der Waals surface area (Å²) in [6, 6.07) is 12.7. The molecule has 0 saturated carbocycles. The van der Waals surface area contributed by atoms with E-state index in [4.69, 9.17) is 11.6 Å². The molecular formula is C17H13ClFN3O. The molecule has 116 valence electrons. The van der Waals surface area contributed by atoms with Crippen LogP contribution in [0.5, 0.6) is 0 Å². The molecule has 4 nitrogen and oxygen atoms in total. The van der Waals surface area contributed by atoms with Gasteiger partial charge in [-0.2, -0.15) is 5.10 Å². The van der Waals surface area contributed by atoms with Crippen LogP contribution in [-0.4, -0.2) is 16.1 Å². The van der Waals surface area contributed by atoms with E-state index in [0.717, 1.165) is 11.1 Å². The van der Waals surface area contributed by atoms with E-state index >= 15 is 0 Å². The molecule has 1 aromatic heterocycles. The highest BCUT2D eigenvalue weighted by Crippen LogP contribution is 2.25. The molecule has 1 heterocycles. The number of H-pyrrole nitrogens is 1. The lowest BCUT2D eigenvalue weighted by Crippen LogP contribution is -2.12. The van der Waals surface area contributed by atoms with Gasteiger partial charge in [0.05, 0.1) is 5.69 Å². The summed E-state index contributed by atoms with van der Waals surface area (Å²) in [6.45, 7) is 1.94. The van der Waals surface area contributed by atoms with Gasteiger partial charge < -0.3 is 5.32 Å². The first-order valence-corrected chi connectivity index (χ1v) is 7.29. The van der Waals surface area contributed by atoms with Crippen LogP contribution in [0.15, 0.2) is 48.5 Å². The van der Waals surface area contributed by atoms with Gasteiger partial charge in [-0.05, 0) is 55.0 Å². The van der Waals surface area contributed by atoms with Crippen molar-refractivity contribution >= 4 is 23.2 Å². The molecule has 0 aliphatic heterocycles. The van der Waals surface area contributed by atoms with Crippen molar-refractivity contribution in [1.29, 1.82) is 0 Å². The summed E-state index contributed by atoms with van der Waals surface area (Å²) in [5, 5.41) is 10.1. The number of aromatic amines is 1. The molecule has 2 aromatic carbocycles. The molecule has 23 heavy (non-hydrogen) atoms. The van der Waals surface area contributed by atoms with Crippen LogP contribution in [0.1, 0.15) is 16.1 Å². The third-order valence-corrected chi connectivity index (χ3v) is 3.64. The Morgan fingerprint density at radius 3 is 2.65 bits per heavy atom. The fourth-order valence-electron chi connectivity index (χ4n) is 2.18. The Morgan fingerprint density at radius 1 is 1.17 bits per heavy atom. The second-order valence-electron chi connectivity index (χ2n) is 5.09. The molecule has 0 atom stereocenters. The minimum Gasteiger partial charge on any atom is -0.321 e. The van der Waals surface area contributed by atoms with E-state index in [1.807, 2.05) is 13.0 Å². The van der Waals surface area contributed by atoms with Crippen molar-refractivity contribution in [2.45, 2.75) is 6.92 Å². The van der Waals surface area contributed by atoms with Crippen molar-refractivity contribution in [1.82, 2.24) is 10.2 Å². The maximum Gasteiger partial charge on any atom is 0.273 e.